The molecule has 10 atom stereocenters. The molecule has 0 radical (unpaired) electrons. The zero-order valence-corrected chi connectivity index (χ0v) is 42.5. The van der Waals surface area contributed by atoms with E-state index in [1.807, 2.05) is 60.7 Å². The van der Waals surface area contributed by atoms with Crippen molar-refractivity contribution in [2.45, 2.75) is 146 Å². The molecule has 2 saturated heterocycles. The summed E-state index contributed by atoms with van der Waals surface area (Å²) in [6, 6.07) is 19.2. The van der Waals surface area contributed by atoms with Crippen LogP contribution in [0.15, 0.2) is 60.7 Å². The van der Waals surface area contributed by atoms with Crippen LogP contribution in [-0.4, -0.2) is 107 Å². The number of fused-ring (bicyclic) bond motifs is 2. The molecule has 2 aromatic rings. The topological polar surface area (TPSA) is 166 Å². The van der Waals surface area contributed by atoms with E-state index in [1.165, 1.54) is 22.9 Å². The number of carbonyl (C=O) groups is 4. The van der Waals surface area contributed by atoms with Crippen molar-refractivity contribution < 1.29 is 63.6 Å². The normalized spacial score (nSPS) is 29.4. The van der Waals surface area contributed by atoms with Crippen molar-refractivity contribution in [1.82, 2.24) is 9.80 Å². The lowest BCUT2D eigenvalue weighted by atomic mass is 9.97. The molecule has 1 N–H and O–H groups in total. The highest BCUT2D eigenvalue weighted by Gasteiger charge is 2.61. The summed E-state index contributed by atoms with van der Waals surface area (Å²) in [6.45, 7) is 19.5. The Morgan fingerprint density at radius 3 is 1.50 bits per heavy atom. The van der Waals surface area contributed by atoms with Crippen LogP contribution < -0.4 is 0 Å². The minimum atomic E-state index is -5.48. The standard InChI is InChI=1S/C23H33NO4Si.C17H19NO4.C7H15F3O3SSi/c1-23(2,3)29(4,5)28-20-18-12-16(18)13-19(20)21(25)24-17(14-27-22(24)26)11-15-9-7-6-8-10-15;19-15-13-7-11(13)8-14(15)16(20)18-12(9-22-17(18)21)6-10-4-2-1-3-5-10;1-6(2,3)15(4,5)13-14(11,12)7(8,9)10/h6-10,16-20H,11-14H2,1-5H3;1-5,11-15,19H,6-9H2;1-5H3/t16-,17+,18-,19-,20-;11-,12+,13-,14-,15-;/m00./s1. The second-order valence-electron chi connectivity index (χ2n) is 21.8. The molecule has 2 aliphatic heterocycles. The lowest BCUT2D eigenvalue weighted by Crippen LogP contribution is -2.50. The van der Waals surface area contributed by atoms with Gasteiger partial charge in [0.1, 0.15) is 13.2 Å². The van der Waals surface area contributed by atoms with Crippen molar-refractivity contribution in [3.63, 3.8) is 0 Å². The van der Waals surface area contributed by atoms with E-state index in [4.69, 9.17) is 13.9 Å². The van der Waals surface area contributed by atoms with Crippen LogP contribution in [0, 0.1) is 35.5 Å². The highest BCUT2D eigenvalue weighted by molar-refractivity contribution is 7.88. The van der Waals surface area contributed by atoms with E-state index in [0.29, 0.717) is 37.0 Å². The fourth-order valence-electron chi connectivity index (χ4n) is 8.94. The molecule has 4 amide bonds. The maximum Gasteiger partial charge on any atom is 0.522 e. The molecule has 0 aromatic heterocycles. The van der Waals surface area contributed by atoms with E-state index >= 15 is 0 Å². The largest absolute Gasteiger partial charge is 0.522 e. The third-order valence-corrected chi connectivity index (χ3v) is 26.2. The molecule has 4 saturated carbocycles. The van der Waals surface area contributed by atoms with Gasteiger partial charge in [-0.05, 0) is 110 Å². The van der Waals surface area contributed by atoms with E-state index in [-0.39, 0.29) is 60.1 Å². The van der Waals surface area contributed by atoms with Crippen LogP contribution in [0.3, 0.4) is 0 Å². The number of rotatable bonds is 10. The SMILES string of the molecule is CC(C)(C)[Si](C)(C)OS(=O)(=O)C(F)(F)F.CC(C)(C)[Si](C)(C)O[C@H]1[C@H]2C[C@H]2C[C@@H]1C(=O)N1C(=O)OC[C@H]1Cc1ccccc1.O=C1OC[C@@H](Cc2ccccc2)N1C(=O)[C@H]1C[C@@H]2C[C@@H]2[C@@H]1O. The number of amides is 4. The Balaban J connectivity index is 0.000000173. The lowest BCUT2D eigenvalue weighted by molar-refractivity contribution is -0.137. The molecular weight excluding hydrogens is 914 g/mol. The average Bonchev–Trinajstić information content (AvgIpc) is 4.01. The first-order valence-electron chi connectivity index (χ1n) is 22.9. The number of hydrogen-bond donors (Lipinski definition) is 1. The van der Waals surface area contributed by atoms with Gasteiger partial charge >= 0.3 is 27.8 Å². The summed E-state index contributed by atoms with van der Waals surface area (Å²) < 4.78 is 79.2. The highest BCUT2D eigenvalue weighted by atomic mass is 32.2. The smallest absolute Gasteiger partial charge is 0.447 e. The molecule has 0 bridgehead atoms. The van der Waals surface area contributed by atoms with Crippen molar-refractivity contribution in [1.29, 1.82) is 0 Å². The van der Waals surface area contributed by atoms with Crippen LogP contribution in [0.25, 0.3) is 0 Å². The van der Waals surface area contributed by atoms with Crippen molar-refractivity contribution in [2.24, 2.45) is 35.5 Å². The minimum Gasteiger partial charge on any atom is -0.447 e. The maximum atomic E-state index is 13.5. The number of ether oxygens (including phenoxy) is 2. The third kappa shape index (κ3) is 11.4. The lowest BCUT2D eigenvalue weighted by Gasteiger charge is -2.40. The quantitative estimate of drug-likeness (QED) is 0.178. The summed E-state index contributed by atoms with van der Waals surface area (Å²) in [5.41, 5.74) is -3.17. The van der Waals surface area contributed by atoms with E-state index in [1.54, 1.807) is 20.8 Å². The van der Waals surface area contributed by atoms with Crippen LogP contribution in [-0.2, 0) is 50.3 Å². The van der Waals surface area contributed by atoms with Crippen LogP contribution in [0.5, 0.6) is 0 Å². The number of imide groups is 2. The van der Waals surface area contributed by atoms with Gasteiger partial charge in [-0.15, -0.1) is 0 Å². The monoisotopic (exact) mass is 980 g/mol. The molecule has 0 spiro atoms. The molecule has 6 aliphatic rings. The predicted octanol–water partition coefficient (Wildman–Crippen LogP) is 9.07. The van der Waals surface area contributed by atoms with Crippen molar-refractivity contribution in [3.05, 3.63) is 71.8 Å². The highest BCUT2D eigenvalue weighted by Crippen LogP contribution is 2.58. The molecule has 2 heterocycles. The molecular formula is C47H67F3N2O11SSi2. The molecule has 13 nitrogen and oxygen atoms in total. The Hall–Kier alpha value is -3.63. The van der Waals surface area contributed by atoms with E-state index < -0.39 is 61.5 Å². The number of aliphatic hydroxyl groups is 1. The Labute approximate surface area is 389 Å². The number of halogens is 3. The van der Waals surface area contributed by atoms with Gasteiger partial charge in [0.05, 0.1) is 36.1 Å². The Kier molecular flexibility index (Phi) is 14.9. The van der Waals surface area contributed by atoms with Crippen molar-refractivity contribution in [2.75, 3.05) is 13.2 Å². The van der Waals surface area contributed by atoms with Gasteiger partial charge in [-0.2, -0.15) is 21.6 Å². The number of alkyl halides is 3. The van der Waals surface area contributed by atoms with Crippen LogP contribution in [0.1, 0.15) is 78.4 Å². The molecule has 4 aliphatic carbocycles. The zero-order valence-electron chi connectivity index (χ0n) is 39.7. The van der Waals surface area contributed by atoms with Crippen molar-refractivity contribution >= 4 is 50.8 Å². The number of hydrogen-bond acceptors (Lipinski definition) is 11. The summed E-state index contributed by atoms with van der Waals surface area (Å²) in [4.78, 5) is 53.3. The van der Waals surface area contributed by atoms with Crippen LogP contribution >= 0.6 is 0 Å². The fraction of sp³-hybridized carbons (Fsp3) is 0.660. The first kappa shape index (κ1) is 51.8. The summed E-state index contributed by atoms with van der Waals surface area (Å²) in [5, 5.41) is 9.69. The van der Waals surface area contributed by atoms with Gasteiger partial charge in [0.2, 0.25) is 20.1 Å². The Morgan fingerprint density at radius 2 is 1.09 bits per heavy atom. The number of nitrogens with zero attached hydrogens (tertiary/aromatic N) is 2. The van der Waals surface area contributed by atoms with Gasteiger partial charge in [-0.25, -0.2) is 19.4 Å². The second-order valence-corrected chi connectivity index (χ2v) is 33.2. The number of aliphatic hydroxyl groups excluding tert-OH is 1. The third-order valence-electron chi connectivity index (χ3n) is 15.0. The second kappa shape index (κ2) is 19.0. The zero-order chi connectivity index (χ0) is 48.9. The summed E-state index contributed by atoms with van der Waals surface area (Å²) >= 11 is 0. The molecule has 8 rings (SSSR count). The van der Waals surface area contributed by atoms with Crippen LogP contribution in [0.2, 0.25) is 36.3 Å². The number of benzene rings is 2. The van der Waals surface area contributed by atoms with Crippen molar-refractivity contribution in [3.8, 4) is 0 Å². The van der Waals surface area contributed by atoms with E-state index in [0.717, 1.165) is 30.4 Å². The first-order chi connectivity index (χ1) is 30.4. The van der Waals surface area contributed by atoms with Gasteiger partial charge in [-0.1, -0.05) is 102 Å². The summed E-state index contributed by atoms with van der Waals surface area (Å²) in [6.07, 6.45) is 3.21. The molecule has 0 unspecified atom stereocenters. The average molecular weight is 981 g/mol. The predicted molar refractivity (Wildman–Crippen MR) is 245 cm³/mol. The minimum absolute atomic E-state index is 0.0563. The number of cyclic esters (lactones) is 2. The summed E-state index contributed by atoms with van der Waals surface area (Å²) in [5.74, 6) is 0.765. The Bertz CT molecular complexity index is 2200. The Morgan fingerprint density at radius 1 is 0.682 bits per heavy atom. The van der Waals surface area contributed by atoms with E-state index in [9.17, 15) is 45.9 Å². The fourth-order valence-corrected chi connectivity index (χ4v) is 13.9. The van der Waals surface area contributed by atoms with E-state index in [2.05, 4.69) is 37.7 Å². The van der Waals surface area contributed by atoms with Gasteiger partial charge in [-0.3, -0.25) is 9.59 Å². The summed E-state index contributed by atoms with van der Waals surface area (Å²) in [7, 11) is -10.4. The van der Waals surface area contributed by atoms with Gasteiger partial charge < -0.3 is 22.9 Å². The maximum absolute atomic E-state index is 13.5. The van der Waals surface area contributed by atoms with Gasteiger partial charge in [0.25, 0.3) is 0 Å². The van der Waals surface area contributed by atoms with Gasteiger partial charge in [0.15, 0.2) is 8.32 Å². The van der Waals surface area contributed by atoms with Gasteiger partial charge in [0, 0.05) is 0 Å². The molecule has 6 fully saturated rings. The first-order valence-corrected chi connectivity index (χ1v) is 30.1. The number of carbonyl (C=O) groups excluding carboxylic acids is 4. The molecule has 66 heavy (non-hydrogen) atoms. The molecule has 19 heteroatoms. The van der Waals surface area contributed by atoms with Crippen LogP contribution in [0.4, 0.5) is 22.8 Å². The molecule has 2 aromatic carbocycles. The molecule has 366 valence electrons.